The molecule has 2 heterocycles. The van der Waals surface area contributed by atoms with E-state index in [1.165, 1.54) is 0 Å². The number of Topliss-reactive ketones (excluding diaryl/α,β-unsaturated/α-hetero) is 1. The minimum atomic E-state index is -0.819. The summed E-state index contributed by atoms with van der Waals surface area (Å²) in [5.74, 6) is 0.995. The normalized spacial score (nSPS) is 63.4. The fourth-order valence-electron chi connectivity index (χ4n) is 7.35. The fraction of sp³-hybridized carbons (Fsp3) is 0.938. The standard InChI is InChI=1S/C16H23NO3/c18-12-2-5-17-4-1-3-15-11-6-10(9-16(15,17)20)8-14(12,15)13(19)7-11/h10-12,18,20H,1-9H2/t10-,11+,12+,14+,15+,16-/m0/s1. The summed E-state index contributed by atoms with van der Waals surface area (Å²) in [4.78, 5) is 15.1. The lowest BCUT2D eigenvalue weighted by molar-refractivity contribution is -0.316. The Labute approximate surface area is 119 Å². The van der Waals surface area contributed by atoms with Gasteiger partial charge in [-0.25, -0.2) is 0 Å². The fourth-order valence-corrected chi connectivity index (χ4v) is 7.35. The zero-order chi connectivity index (χ0) is 13.8. The summed E-state index contributed by atoms with van der Waals surface area (Å²) in [6, 6.07) is 0. The lowest BCUT2D eigenvalue weighted by Crippen LogP contribution is -2.75. The van der Waals surface area contributed by atoms with Gasteiger partial charge in [0.15, 0.2) is 0 Å². The van der Waals surface area contributed by atoms with Crippen LogP contribution in [0.25, 0.3) is 0 Å². The molecular weight excluding hydrogens is 254 g/mol. The molecule has 6 aliphatic rings. The predicted molar refractivity (Wildman–Crippen MR) is 71.7 cm³/mol. The third-order valence-electron chi connectivity index (χ3n) is 7.70. The van der Waals surface area contributed by atoms with Crippen molar-refractivity contribution in [2.24, 2.45) is 22.7 Å². The first kappa shape index (κ1) is 12.1. The molecule has 6 fully saturated rings. The molecule has 0 aromatic carbocycles. The molecule has 1 unspecified atom stereocenters. The van der Waals surface area contributed by atoms with Crippen LogP contribution in [0.4, 0.5) is 0 Å². The second-order valence-electron chi connectivity index (χ2n) is 7.99. The van der Waals surface area contributed by atoms with Gasteiger partial charge in [-0.3, -0.25) is 9.69 Å². The zero-order valence-electron chi connectivity index (χ0n) is 11.8. The number of rotatable bonds is 0. The van der Waals surface area contributed by atoms with E-state index in [9.17, 15) is 15.0 Å². The number of carbonyl (C=O) groups is 1. The van der Waals surface area contributed by atoms with Gasteiger partial charge in [0, 0.05) is 24.9 Å². The van der Waals surface area contributed by atoms with Crippen LogP contribution in [0.15, 0.2) is 0 Å². The van der Waals surface area contributed by atoms with E-state index in [4.69, 9.17) is 0 Å². The molecule has 6 bridgehead atoms. The van der Waals surface area contributed by atoms with Crippen LogP contribution in [0, 0.1) is 22.7 Å². The first-order valence-electron chi connectivity index (χ1n) is 8.23. The van der Waals surface area contributed by atoms with Crippen LogP contribution in [0.3, 0.4) is 0 Å². The first-order chi connectivity index (χ1) is 9.54. The molecule has 0 radical (unpaired) electrons. The summed E-state index contributed by atoms with van der Waals surface area (Å²) in [5.41, 5.74) is -1.79. The average Bonchev–Trinajstić information content (AvgIpc) is 2.57. The van der Waals surface area contributed by atoms with E-state index in [1.807, 2.05) is 0 Å². The van der Waals surface area contributed by atoms with Crippen molar-refractivity contribution in [3.8, 4) is 0 Å². The molecule has 0 aromatic rings. The maximum absolute atomic E-state index is 12.9. The van der Waals surface area contributed by atoms with Crippen molar-refractivity contribution in [1.29, 1.82) is 0 Å². The summed E-state index contributed by atoms with van der Waals surface area (Å²) >= 11 is 0. The molecule has 20 heavy (non-hydrogen) atoms. The van der Waals surface area contributed by atoms with Crippen LogP contribution in [0.5, 0.6) is 0 Å². The van der Waals surface area contributed by atoms with Crippen LogP contribution in [-0.4, -0.2) is 45.8 Å². The van der Waals surface area contributed by atoms with E-state index in [0.717, 1.165) is 45.2 Å². The Hall–Kier alpha value is -0.450. The number of nitrogens with zero attached hydrogens (tertiary/aromatic N) is 1. The second-order valence-corrected chi connectivity index (χ2v) is 7.99. The number of aliphatic hydroxyl groups excluding tert-OH is 1. The molecule has 2 N–H and O–H groups in total. The van der Waals surface area contributed by atoms with Crippen LogP contribution < -0.4 is 0 Å². The second kappa shape index (κ2) is 3.31. The summed E-state index contributed by atoms with van der Waals surface area (Å²) in [6.07, 6.45) is 5.45. The summed E-state index contributed by atoms with van der Waals surface area (Å²) < 4.78 is 0. The lowest BCUT2D eigenvalue weighted by atomic mass is 9.40. The highest BCUT2D eigenvalue weighted by Crippen LogP contribution is 2.77. The maximum atomic E-state index is 12.9. The molecule has 0 amide bonds. The van der Waals surface area contributed by atoms with Gasteiger partial charge in [-0.05, 0) is 50.4 Å². The van der Waals surface area contributed by atoms with Gasteiger partial charge in [-0.1, -0.05) is 0 Å². The largest absolute Gasteiger partial charge is 0.392 e. The molecule has 2 aliphatic heterocycles. The van der Waals surface area contributed by atoms with Gasteiger partial charge in [0.05, 0.1) is 11.5 Å². The zero-order valence-corrected chi connectivity index (χ0v) is 11.8. The van der Waals surface area contributed by atoms with Gasteiger partial charge in [-0.2, -0.15) is 0 Å². The molecule has 4 heteroatoms. The van der Waals surface area contributed by atoms with E-state index >= 15 is 0 Å². The maximum Gasteiger partial charge on any atom is 0.142 e. The Morgan fingerprint density at radius 3 is 2.95 bits per heavy atom. The first-order valence-corrected chi connectivity index (χ1v) is 8.23. The Morgan fingerprint density at radius 2 is 2.10 bits per heavy atom. The van der Waals surface area contributed by atoms with Crippen LogP contribution >= 0.6 is 0 Å². The van der Waals surface area contributed by atoms with E-state index in [-0.39, 0.29) is 11.2 Å². The molecule has 7 atom stereocenters. The highest BCUT2D eigenvalue weighted by atomic mass is 16.3. The molecule has 4 aliphatic carbocycles. The molecule has 2 saturated heterocycles. The van der Waals surface area contributed by atoms with Gasteiger partial charge < -0.3 is 10.2 Å². The molecule has 4 nitrogen and oxygen atoms in total. The number of ketones is 1. The SMILES string of the molecule is O=C1C[C@H]2C[C@H]3C[C@@]14[C@H](O)CCN1CCC[C@@]24[C@@]1(O)C3. The Kier molecular flexibility index (Phi) is 2.01. The molecule has 0 aromatic heterocycles. The van der Waals surface area contributed by atoms with Crippen molar-refractivity contribution < 1.29 is 15.0 Å². The quantitative estimate of drug-likeness (QED) is 0.691. The Morgan fingerprint density at radius 1 is 1.25 bits per heavy atom. The minimum absolute atomic E-state index is 0.263. The summed E-state index contributed by atoms with van der Waals surface area (Å²) in [7, 11) is 0. The molecule has 110 valence electrons. The molecule has 4 saturated carbocycles. The third-order valence-corrected chi connectivity index (χ3v) is 7.70. The monoisotopic (exact) mass is 277 g/mol. The van der Waals surface area contributed by atoms with Crippen LogP contribution in [0.1, 0.15) is 44.9 Å². The number of aliphatic hydroxyl groups is 2. The van der Waals surface area contributed by atoms with Gasteiger partial charge >= 0.3 is 0 Å². The Balaban J connectivity index is 1.84. The van der Waals surface area contributed by atoms with Crippen molar-refractivity contribution in [1.82, 2.24) is 4.90 Å². The molecular formula is C16H23NO3. The van der Waals surface area contributed by atoms with Gasteiger partial charge in [0.2, 0.25) is 0 Å². The van der Waals surface area contributed by atoms with E-state index in [1.54, 1.807) is 0 Å². The van der Waals surface area contributed by atoms with Gasteiger partial charge in [0.1, 0.15) is 11.5 Å². The Bertz CT molecular complexity index is 508. The number of hydrogen-bond acceptors (Lipinski definition) is 4. The van der Waals surface area contributed by atoms with Crippen molar-refractivity contribution >= 4 is 5.78 Å². The van der Waals surface area contributed by atoms with Gasteiger partial charge in [-0.15, -0.1) is 0 Å². The lowest BCUT2D eigenvalue weighted by Gasteiger charge is -2.69. The number of carbonyl (C=O) groups excluding carboxylic acids is 1. The number of piperidine rings is 1. The highest BCUT2D eigenvalue weighted by Gasteiger charge is 2.81. The summed E-state index contributed by atoms with van der Waals surface area (Å²) in [6.45, 7) is 1.67. The topological polar surface area (TPSA) is 60.8 Å². The minimum Gasteiger partial charge on any atom is -0.392 e. The van der Waals surface area contributed by atoms with Crippen molar-refractivity contribution in [2.75, 3.05) is 13.1 Å². The summed E-state index contributed by atoms with van der Waals surface area (Å²) in [5, 5.41) is 22.5. The van der Waals surface area contributed by atoms with Crippen LogP contribution in [0.2, 0.25) is 0 Å². The van der Waals surface area contributed by atoms with Crippen molar-refractivity contribution in [3.63, 3.8) is 0 Å². The van der Waals surface area contributed by atoms with Gasteiger partial charge in [0.25, 0.3) is 0 Å². The van der Waals surface area contributed by atoms with Crippen molar-refractivity contribution in [3.05, 3.63) is 0 Å². The van der Waals surface area contributed by atoms with E-state index in [2.05, 4.69) is 4.90 Å². The average molecular weight is 277 g/mol. The predicted octanol–water partition coefficient (Wildman–Crippen LogP) is 0.911. The van der Waals surface area contributed by atoms with E-state index in [0.29, 0.717) is 24.7 Å². The smallest absolute Gasteiger partial charge is 0.142 e. The highest BCUT2D eigenvalue weighted by molar-refractivity contribution is 5.90. The molecule has 6 rings (SSSR count). The van der Waals surface area contributed by atoms with Crippen LogP contribution in [-0.2, 0) is 4.79 Å². The van der Waals surface area contributed by atoms with Crippen molar-refractivity contribution in [2.45, 2.75) is 56.8 Å². The molecule has 1 spiro atoms. The third kappa shape index (κ3) is 0.939. The number of hydrogen-bond donors (Lipinski definition) is 2. The van der Waals surface area contributed by atoms with E-state index < -0.39 is 17.2 Å².